The molecule has 1 aliphatic carbocycles. The number of halogens is 2. The molecule has 4 nitrogen and oxygen atoms in total. The summed E-state index contributed by atoms with van der Waals surface area (Å²) in [4.78, 5) is 31.2. The Bertz CT molecular complexity index is 1330. The lowest BCUT2D eigenvalue weighted by molar-refractivity contribution is 0.0989. The second-order valence-corrected chi connectivity index (χ2v) is 8.11. The van der Waals surface area contributed by atoms with Gasteiger partial charge in [-0.2, -0.15) is 4.98 Å². The van der Waals surface area contributed by atoms with E-state index in [2.05, 4.69) is 4.98 Å². The second-order valence-electron chi connectivity index (χ2n) is 7.05. The first-order valence-corrected chi connectivity index (χ1v) is 9.93. The van der Waals surface area contributed by atoms with Gasteiger partial charge in [0.1, 0.15) is 11.6 Å². The Balaban J connectivity index is 1.57. The van der Waals surface area contributed by atoms with Gasteiger partial charge in [0.2, 0.25) is 11.7 Å². The molecule has 4 aromatic rings. The van der Waals surface area contributed by atoms with Gasteiger partial charge in [-0.05, 0) is 37.6 Å². The molecule has 148 valence electrons. The first kappa shape index (κ1) is 18.6. The molecule has 7 heteroatoms. The Morgan fingerprint density at radius 3 is 2.37 bits per heavy atom. The highest BCUT2D eigenvalue weighted by Gasteiger charge is 2.39. The summed E-state index contributed by atoms with van der Waals surface area (Å²) in [7, 11) is 0. The molecule has 0 saturated carbocycles. The number of fused-ring (bicyclic) bond motifs is 2. The smallest absolute Gasteiger partial charge is 0.228 e. The minimum absolute atomic E-state index is 0.0141. The maximum atomic E-state index is 14.5. The first-order chi connectivity index (χ1) is 14.4. The zero-order chi connectivity index (χ0) is 21.2. The summed E-state index contributed by atoms with van der Waals surface area (Å²) in [5.74, 6) is -2.72. The largest absolute Gasteiger partial charge is 0.435 e. The number of hydrogen-bond donors (Lipinski definition) is 0. The maximum Gasteiger partial charge on any atom is 0.228 e. The van der Waals surface area contributed by atoms with Crippen LogP contribution >= 0.6 is 11.3 Å². The zero-order valence-electron chi connectivity index (χ0n) is 15.9. The van der Waals surface area contributed by atoms with E-state index in [1.807, 2.05) is 30.3 Å². The van der Waals surface area contributed by atoms with Crippen LogP contribution in [0.5, 0.6) is 0 Å². The Hall–Kier alpha value is -3.45. The van der Waals surface area contributed by atoms with Gasteiger partial charge in [0.05, 0.1) is 11.1 Å². The van der Waals surface area contributed by atoms with Crippen LogP contribution in [0.2, 0.25) is 0 Å². The molecular weight excluding hydrogens is 408 g/mol. The molecule has 5 rings (SSSR count). The summed E-state index contributed by atoms with van der Waals surface area (Å²) < 4.78 is 34.6. The quantitative estimate of drug-likeness (QED) is 0.298. The van der Waals surface area contributed by atoms with Crippen molar-refractivity contribution in [2.45, 2.75) is 13.8 Å². The van der Waals surface area contributed by atoms with E-state index in [0.717, 1.165) is 5.56 Å². The highest BCUT2D eigenvalue weighted by Crippen LogP contribution is 2.37. The van der Waals surface area contributed by atoms with E-state index in [0.29, 0.717) is 21.2 Å². The van der Waals surface area contributed by atoms with Gasteiger partial charge in [-0.1, -0.05) is 18.2 Å². The van der Waals surface area contributed by atoms with Crippen molar-refractivity contribution in [1.82, 2.24) is 4.98 Å². The molecule has 0 spiro atoms. The molecule has 30 heavy (non-hydrogen) atoms. The summed E-state index contributed by atoms with van der Waals surface area (Å²) in [5, 5.41) is 0. The van der Waals surface area contributed by atoms with Gasteiger partial charge in [0.15, 0.2) is 16.2 Å². The van der Waals surface area contributed by atoms with Gasteiger partial charge in [-0.15, -0.1) is 11.3 Å². The van der Waals surface area contributed by atoms with E-state index in [1.54, 1.807) is 6.07 Å². The van der Waals surface area contributed by atoms with Crippen LogP contribution in [0, 0.1) is 25.5 Å². The lowest BCUT2D eigenvalue weighted by Crippen LogP contribution is -2.05. The number of oxazole rings is 1. The van der Waals surface area contributed by atoms with Crippen LogP contribution in [-0.4, -0.2) is 16.6 Å². The number of benzene rings is 2. The number of ketones is 2. The average Bonchev–Trinajstić information content (AvgIpc) is 3.38. The number of rotatable bonds is 2. The van der Waals surface area contributed by atoms with Crippen LogP contribution in [0.4, 0.5) is 8.78 Å². The number of thiophene rings is 1. The summed E-state index contributed by atoms with van der Waals surface area (Å²) in [6, 6.07) is 11.1. The topological polar surface area (TPSA) is 60.2 Å². The van der Waals surface area contributed by atoms with E-state index < -0.39 is 23.2 Å². The lowest BCUT2D eigenvalue weighted by Gasteiger charge is -2.07. The summed E-state index contributed by atoms with van der Waals surface area (Å²) in [5.41, 5.74) is 0.332. The van der Waals surface area contributed by atoms with Crippen molar-refractivity contribution in [1.29, 1.82) is 0 Å². The van der Waals surface area contributed by atoms with Gasteiger partial charge < -0.3 is 4.42 Å². The zero-order valence-corrected chi connectivity index (χ0v) is 16.7. The molecule has 2 heterocycles. The fraction of sp³-hybridized carbons (Fsp3) is 0.0870. The third-order valence-corrected chi connectivity index (χ3v) is 6.15. The van der Waals surface area contributed by atoms with Crippen LogP contribution in [0.25, 0.3) is 27.9 Å². The van der Waals surface area contributed by atoms with E-state index >= 15 is 0 Å². The summed E-state index contributed by atoms with van der Waals surface area (Å²) in [6.07, 6.45) is 1.39. The number of hydrogen-bond acceptors (Lipinski definition) is 5. The fourth-order valence-electron chi connectivity index (χ4n) is 3.64. The molecular formula is C23H13F2NO3S. The van der Waals surface area contributed by atoms with Gasteiger partial charge in [-0.25, -0.2) is 8.78 Å². The van der Waals surface area contributed by atoms with E-state index in [9.17, 15) is 18.4 Å². The predicted octanol–water partition coefficient (Wildman–Crippen LogP) is 5.91. The number of carbonyl (C=O) groups excluding carboxylic acids is 2. The maximum absolute atomic E-state index is 14.5. The van der Waals surface area contributed by atoms with Gasteiger partial charge in [0.25, 0.3) is 0 Å². The molecule has 0 saturated heterocycles. The number of Topliss-reactive ketones (excluding diaryl/α,β-unsaturated/α-hetero) is 2. The predicted molar refractivity (Wildman–Crippen MR) is 110 cm³/mol. The Labute approximate surface area is 173 Å². The van der Waals surface area contributed by atoms with Crippen molar-refractivity contribution in [2.75, 3.05) is 0 Å². The van der Waals surface area contributed by atoms with Crippen molar-refractivity contribution in [3.05, 3.63) is 80.7 Å². The molecule has 0 bridgehead atoms. The lowest BCUT2D eigenvalue weighted by atomic mass is 9.99. The Morgan fingerprint density at radius 2 is 1.67 bits per heavy atom. The van der Waals surface area contributed by atoms with Crippen molar-refractivity contribution >= 4 is 39.4 Å². The molecule has 0 radical (unpaired) electrons. The van der Waals surface area contributed by atoms with E-state index in [1.165, 1.54) is 31.3 Å². The van der Waals surface area contributed by atoms with E-state index in [-0.39, 0.29) is 27.8 Å². The third-order valence-electron chi connectivity index (χ3n) is 5.19. The normalized spacial score (nSPS) is 14.9. The summed E-state index contributed by atoms with van der Waals surface area (Å²) >= 11 is 1.24. The molecule has 0 amide bonds. The van der Waals surface area contributed by atoms with Crippen LogP contribution in [0.15, 0.2) is 46.4 Å². The van der Waals surface area contributed by atoms with E-state index in [4.69, 9.17) is 4.42 Å². The standard InChI is InChI=1S/C23H13F2NO3S/c1-10-16-17(19(25)11(2)18(10)24)21(28)14(20(16)27)8-13-9-15-23(30-13)26-22(29-15)12-6-4-3-5-7-12/h3-9H,1-2H3/b14-8-. The highest BCUT2D eigenvalue weighted by atomic mass is 32.1. The number of carbonyl (C=O) groups is 2. The molecule has 0 atom stereocenters. The monoisotopic (exact) mass is 421 g/mol. The van der Waals surface area contributed by atoms with Crippen LogP contribution in [0.1, 0.15) is 36.7 Å². The number of allylic oxidation sites excluding steroid dienone is 1. The fourth-order valence-corrected chi connectivity index (χ4v) is 4.54. The molecule has 0 N–H and O–H groups in total. The molecule has 2 aromatic heterocycles. The average molecular weight is 421 g/mol. The first-order valence-electron chi connectivity index (χ1n) is 9.12. The molecule has 0 aliphatic heterocycles. The number of aromatic nitrogens is 1. The number of nitrogens with zero attached hydrogens (tertiary/aromatic N) is 1. The molecule has 0 unspecified atom stereocenters. The molecule has 2 aromatic carbocycles. The van der Waals surface area contributed by atoms with Gasteiger partial charge in [-0.3, -0.25) is 9.59 Å². The second kappa shape index (κ2) is 6.53. The van der Waals surface area contributed by atoms with Gasteiger partial charge in [0, 0.05) is 27.6 Å². The minimum Gasteiger partial charge on any atom is -0.435 e. The van der Waals surface area contributed by atoms with Crippen LogP contribution < -0.4 is 0 Å². The highest BCUT2D eigenvalue weighted by molar-refractivity contribution is 7.19. The van der Waals surface area contributed by atoms with Gasteiger partial charge >= 0.3 is 0 Å². The Morgan fingerprint density at radius 1 is 0.967 bits per heavy atom. The van der Waals surface area contributed by atoms with Crippen LogP contribution in [-0.2, 0) is 0 Å². The SMILES string of the molecule is Cc1c(F)c(C)c2c(c1F)C(=O)/C(=C\c1cc3oc(-c4ccccc4)nc3s1)C2=O. The van der Waals surface area contributed by atoms with Crippen molar-refractivity contribution in [3.8, 4) is 11.5 Å². The third kappa shape index (κ3) is 2.59. The molecule has 1 aliphatic rings. The minimum atomic E-state index is -0.982. The van der Waals surface area contributed by atoms with Crippen LogP contribution in [0.3, 0.4) is 0 Å². The summed E-state index contributed by atoms with van der Waals surface area (Å²) in [6.45, 7) is 2.63. The van der Waals surface area contributed by atoms with Crippen molar-refractivity contribution in [2.24, 2.45) is 0 Å². The molecule has 0 fully saturated rings. The van der Waals surface area contributed by atoms with Crippen molar-refractivity contribution in [3.63, 3.8) is 0 Å². The Kier molecular flexibility index (Phi) is 4.04. The van der Waals surface area contributed by atoms with Crippen molar-refractivity contribution < 1.29 is 22.8 Å².